The van der Waals surface area contributed by atoms with Crippen molar-refractivity contribution in [2.45, 2.75) is 57.0 Å². The number of halogens is 3. The highest BCUT2D eigenvalue weighted by Gasteiger charge is 2.38. The highest BCUT2D eigenvalue weighted by Crippen LogP contribution is 2.34. The topological polar surface area (TPSA) is 113 Å². The molecule has 198 valence electrons. The monoisotopic (exact) mass is 537 g/mol. The average Bonchev–Trinajstić information content (AvgIpc) is 3.08. The Labute approximate surface area is 212 Å². The van der Waals surface area contributed by atoms with Crippen molar-refractivity contribution in [1.29, 1.82) is 0 Å². The van der Waals surface area contributed by atoms with Gasteiger partial charge in [-0.25, -0.2) is 18.0 Å². The number of carbonyl (C=O) groups excluding carboxylic acids is 3. The third-order valence-electron chi connectivity index (χ3n) is 6.66. The fourth-order valence-electron chi connectivity index (χ4n) is 4.44. The first-order valence-corrected chi connectivity index (χ1v) is 13.3. The van der Waals surface area contributed by atoms with Crippen LogP contribution in [-0.2, 0) is 21.0 Å². The fourth-order valence-corrected chi connectivity index (χ4v) is 5.41. The summed E-state index contributed by atoms with van der Waals surface area (Å²) >= 11 is 0. The molecule has 2 aromatic rings. The van der Waals surface area contributed by atoms with Crippen LogP contribution < -0.4 is 14.9 Å². The minimum atomic E-state index is -4.55. The van der Waals surface area contributed by atoms with Gasteiger partial charge in [0.05, 0.1) is 27.6 Å². The van der Waals surface area contributed by atoms with E-state index in [4.69, 9.17) is 0 Å². The Bertz CT molecular complexity index is 1330. The number of anilines is 2. The summed E-state index contributed by atoms with van der Waals surface area (Å²) in [6.45, 7) is 3.19. The summed E-state index contributed by atoms with van der Waals surface area (Å²) in [7, 11) is -3.40. The van der Waals surface area contributed by atoms with E-state index in [9.17, 15) is 36.0 Å². The Morgan fingerprint density at radius 2 is 1.54 bits per heavy atom. The second-order valence-corrected chi connectivity index (χ2v) is 11.8. The SMILES string of the molecule is CC(C)S(=O)(=O)NC1CCC(C(=O)Nc2ccc3c(c2)C(=O)N(c2ccc(C(F)(F)F)cc2)C3=O)CC1. The van der Waals surface area contributed by atoms with Crippen LogP contribution in [-0.4, -0.2) is 37.4 Å². The quantitative estimate of drug-likeness (QED) is 0.533. The van der Waals surface area contributed by atoms with Crippen molar-refractivity contribution in [3.63, 3.8) is 0 Å². The lowest BCUT2D eigenvalue weighted by Gasteiger charge is -2.28. The zero-order valence-corrected chi connectivity index (χ0v) is 20.9. The molecule has 37 heavy (non-hydrogen) atoms. The third-order valence-corrected chi connectivity index (χ3v) is 8.56. The van der Waals surface area contributed by atoms with E-state index in [1.165, 1.54) is 18.2 Å². The van der Waals surface area contributed by atoms with Gasteiger partial charge in [-0.2, -0.15) is 13.2 Å². The van der Waals surface area contributed by atoms with Crippen LogP contribution in [0, 0.1) is 5.92 Å². The molecule has 1 aliphatic heterocycles. The minimum absolute atomic E-state index is 0.00892. The molecule has 1 aliphatic carbocycles. The number of rotatable bonds is 6. The lowest BCUT2D eigenvalue weighted by Crippen LogP contribution is -2.42. The standard InChI is InChI=1S/C25H26F3N3O5S/c1-14(2)37(35,36)30-17-7-3-15(4-8-17)22(32)29-18-9-12-20-21(13-18)24(34)31(23(20)33)19-10-5-16(6-11-19)25(26,27)28/h5-6,9-15,17,30H,3-4,7-8H2,1-2H3,(H,29,32). The number of hydrogen-bond acceptors (Lipinski definition) is 5. The molecule has 8 nitrogen and oxygen atoms in total. The van der Waals surface area contributed by atoms with Crippen LogP contribution in [0.4, 0.5) is 24.5 Å². The Morgan fingerprint density at radius 1 is 0.946 bits per heavy atom. The maximum atomic E-state index is 12.9. The first-order valence-electron chi connectivity index (χ1n) is 11.8. The lowest BCUT2D eigenvalue weighted by molar-refractivity contribution is -0.137. The van der Waals surface area contributed by atoms with Gasteiger partial charge in [-0.1, -0.05) is 0 Å². The van der Waals surface area contributed by atoms with Gasteiger partial charge in [-0.3, -0.25) is 14.4 Å². The summed E-state index contributed by atoms with van der Waals surface area (Å²) < 4.78 is 65.4. The Morgan fingerprint density at radius 3 is 2.11 bits per heavy atom. The summed E-state index contributed by atoms with van der Waals surface area (Å²) in [6, 6.07) is 7.75. The van der Waals surface area contributed by atoms with E-state index in [-0.39, 0.29) is 34.7 Å². The third kappa shape index (κ3) is 5.54. The van der Waals surface area contributed by atoms with Crippen LogP contribution >= 0.6 is 0 Å². The van der Waals surface area contributed by atoms with Gasteiger partial charge < -0.3 is 5.32 Å². The molecule has 0 atom stereocenters. The van der Waals surface area contributed by atoms with Gasteiger partial charge in [0.25, 0.3) is 11.8 Å². The minimum Gasteiger partial charge on any atom is -0.326 e. The van der Waals surface area contributed by atoms with Crippen LogP contribution in [0.1, 0.15) is 65.8 Å². The number of nitrogens with one attached hydrogen (secondary N) is 2. The van der Waals surface area contributed by atoms with Crippen molar-refractivity contribution >= 4 is 39.1 Å². The van der Waals surface area contributed by atoms with E-state index in [1.54, 1.807) is 13.8 Å². The first-order chi connectivity index (χ1) is 17.3. The molecule has 0 bridgehead atoms. The molecular formula is C25H26F3N3O5S. The average molecular weight is 538 g/mol. The number of nitrogens with zero attached hydrogens (tertiary/aromatic N) is 1. The molecule has 12 heteroatoms. The molecule has 2 aromatic carbocycles. The molecule has 1 heterocycles. The molecule has 0 aromatic heterocycles. The zero-order chi connectivity index (χ0) is 27.1. The number of imide groups is 1. The van der Waals surface area contributed by atoms with Crippen molar-refractivity contribution in [3.05, 3.63) is 59.2 Å². The van der Waals surface area contributed by atoms with Gasteiger partial charge in [0.2, 0.25) is 15.9 Å². The van der Waals surface area contributed by atoms with Crippen molar-refractivity contribution < 1.29 is 36.0 Å². The second-order valence-electron chi connectivity index (χ2n) is 9.50. The van der Waals surface area contributed by atoms with Gasteiger partial charge in [0.15, 0.2) is 0 Å². The summed E-state index contributed by atoms with van der Waals surface area (Å²) in [5.74, 6) is -1.98. The molecule has 2 aliphatic rings. The highest BCUT2D eigenvalue weighted by molar-refractivity contribution is 7.90. The van der Waals surface area contributed by atoms with E-state index in [0.29, 0.717) is 31.4 Å². The number of hydrogen-bond donors (Lipinski definition) is 2. The first kappa shape index (κ1) is 26.8. The molecule has 0 radical (unpaired) electrons. The Kier molecular flexibility index (Phi) is 7.17. The fraction of sp³-hybridized carbons (Fsp3) is 0.400. The number of alkyl halides is 3. The van der Waals surface area contributed by atoms with Crippen LogP contribution in [0.3, 0.4) is 0 Å². The number of carbonyl (C=O) groups is 3. The second kappa shape index (κ2) is 9.90. The van der Waals surface area contributed by atoms with Crippen LogP contribution in [0.25, 0.3) is 0 Å². The summed E-state index contributed by atoms with van der Waals surface area (Å²) in [6.07, 6.45) is -2.54. The van der Waals surface area contributed by atoms with Gasteiger partial charge in [0, 0.05) is 17.6 Å². The van der Waals surface area contributed by atoms with E-state index in [1.807, 2.05) is 0 Å². The maximum Gasteiger partial charge on any atom is 0.416 e. The van der Waals surface area contributed by atoms with Gasteiger partial charge >= 0.3 is 6.18 Å². The molecule has 0 spiro atoms. The maximum absolute atomic E-state index is 12.9. The molecule has 1 saturated carbocycles. The molecule has 0 saturated heterocycles. The van der Waals surface area contributed by atoms with E-state index < -0.39 is 38.8 Å². The van der Waals surface area contributed by atoms with E-state index in [2.05, 4.69) is 10.0 Å². The van der Waals surface area contributed by atoms with Crippen LogP contribution in [0.5, 0.6) is 0 Å². The zero-order valence-electron chi connectivity index (χ0n) is 20.1. The predicted octanol–water partition coefficient (Wildman–Crippen LogP) is 4.33. The Hall–Kier alpha value is -3.25. The van der Waals surface area contributed by atoms with E-state index >= 15 is 0 Å². The molecule has 4 rings (SSSR count). The van der Waals surface area contributed by atoms with Gasteiger partial charge in [-0.05, 0) is 82.0 Å². The van der Waals surface area contributed by atoms with Crippen LogP contribution in [0.2, 0.25) is 0 Å². The molecule has 1 fully saturated rings. The van der Waals surface area contributed by atoms with Crippen molar-refractivity contribution in [2.24, 2.45) is 5.92 Å². The van der Waals surface area contributed by atoms with Crippen molar-refractivity contribution in [1.82, 2.24) is 4.72 Å². The highest BCUT2D eigenvalue weighted by atomic mass is 32.2. The smallest absolute Gasteiger partial charge is 0.326 e. The summed E-state index contributed by atoms with van der Waals surface area (Å²) in [4.78, 5) is 39.3. The molecule has 2 N–H and O–H groups in total. The van der Waals surface area contributed by atoms with Crippen molar-refractivity contribution in [2.75, 3.05) is 10.2 Å². The summed E-state index contributed by atoms with van der Waals surface area (Å²) in [5.41, 5.74) is -0.462. The molecule has 3 amide bonds. The Balaban J connectivity index is 1.41. The van der Waals surface area contributed by atoms with Crippen molar-refractivity contribution in [3.8, 4) is 0 Å². The van der Waals surface area contributed by atoms with Gasteiger partial charge in [-0.15, -0.1) is 0 Å². The number of sulfonamides is 1. The van der Waals surface area contributed by atoms with E-state index in [0.717, 1.165) is 29.2 Å². The molecule has 0 unspecified atom stereocenters. The summed E-state index contributed by atoms with van der Waals surface area (Å²) in [5, 5.41) is 2.21. The lowest BCUT2D eigenvalue weighted by atomic mass is 9.86. The number of amides is 3. The number of benzene rings is 2. The molecular weight excluding hydrogens is 511 g/mol. The number of fused-ring (bicyclic) bond motifs is 1. The van der Waals surface area contributed by atoms with Crippen LogP contribution in [0.15, 0.2) is 42.5 Å². The predicted molar refractivity (Wildman–Crippen MR) is 131 cm³/mol. The largest absolute Gasteiger partial charge is 0.416 e. The normalized spacial score (nSPS) is 20.3. The van der Waals surface area contributed by atoms with Gasteiger partial charge in [0.1, 0.15) is 0 Å².